The third kappa shape index (κ3) is 6.12. The first-order valence-corrected chi connectivity index (χ1v) is 14.0. The molecule has 0 spiro atoms. The Hall–Kier alpha value is -3.95. The molecule has 0 aliphatic rings. The van der Waals surface area contributed by atoms with Crippen LogP contribution in [-0.4, -0.2) is 36.6 Å². The molecule has 10 heteroatoms. The van der Waals surface area contributed by atoms with Gasteiger partial charge in [-0.15, -0.1) is 0 Å². The Labute approximate surface area is 227 Å². The minimum absolute atomic E-state index is 0.143. The molecule has 4 rings (SSSR count). The highest BCUT2D eigenvalue weighted by molar-refractivity contribution is 7.92. The Balaban J connectivity index is 1.45. The number of aromatic nitrogens is 2. The molecule has 196 valence electrons. The van der Waals surface area contributed by atoms with Crippen LogP contribution >= 0.6 is 11.6 Å². The average Bonchev–Trinajstić information content (AvgIpc) is 3.17. The molecule has 38 heavy (non-hydrogen) atoms. The molecule has 0 saturated heterocycles. The van der Waals surface area contributed by atoms with E-state index in [1.165, 1.54) is 16.8 Å². The Morgan fingerprint density at radius 2 is 1.71 bits per heavy atom. The fourth-order valence-electron chi connectivity index (χ4n) is 3.88. The number of hydrogen-bond donors (Lipinski definition) is 1. The number of rotatable bonds is 8. The molecule has 1 aromatic heterocycles. The van der Waals surface area contributed by atoms with Crippen molar-refractivity contribution in [3.05, 3.63) is 111 Å². The first kappa shape index (κ1) is 27.1. The smallest absolute Gasteiger partial charge is 0.267 e. The van der Waals surface area contributed by atoms with Gasteiger partial charge in [-0.25, -0.2) is 18.5 Å². The van der Waals surface area contributed by atoms with Crippen LogP contribution < -0.4 is 9.73 Å². The quantitative estimate of drug-likeness (QED) is 0.242. The van der Waals surface area contributed by atoms with Crippen LogP contribution in [0.1, 0.15) is 38.3 Å². The highest BCUT2D eigenvalue weighted by Crippen LogP contribution is 2.24. The maximum atomic E-state index is 12.6. The van der Waals surface area contributed by atoms with Crippen molar-refractivity contribution in [2.24, 2.45) is 5.10 Å². The van der Waals surface area contributed by atoms with E-state index in [1.807, 2.05) is 63.2 Å². The molecular formula is C28H28ClN5O3S. The van der Waals surface area contributed by atoms with Gasteiger partial charge < -0.3 is 0 Å². The van der Waals surface area contributed by atoms with Gasteiger partial charge in [0, 0.05) is 5.56 Å². The van der Waals surface area contributed by atoms with Gasteiger partial charge in [-0.2, -0.15) is 10.2 Å². The van der Waals surface area contributed by atoms with Crippen molar-refractivity contribution < 1.29 is 13.2 Å². The van der Waals surface area contributed by atoms with E-state index in [1.54, 1.807) is 35.0 Å². The molecule has 3 aromatic carbocycles. The van der Waals surface area contributed by atoms with Gasteiger partial charge in [0.1, 0.15) is 0 Å². The summed E-state index contributed by atoms with van der Waals surface area (Å²) in [6, 6.07) is 21.8. The number of amides is 1. The zero-order valence-corrected chi connectivity index (χ0v) is 23.1. The minimum atomic E-state index is -3.52. The largest absolute Gasteiger partial charge is 0.271 e. The molecule has 1 amide bonds. The van der Waals surface area contributed by atoms with Crippen molar-refractivity contribution in [3.8, 4) is 5.69 Å². The van der Waals surface area contributed by atoms with E-state index in [9.17, 15) is 13.2 Å². The van der Waals surface area contributed by atoms with Crippen LogP contribution in [0.25, 0.3) is 5.69 Å². The second-order valence-electron chi connectivity index (χ2n) is 8.97. The summed E-state index contributed by atoms with van der Waals surface area (Å²) in [5.41, 5.74) is 8.55. The summed E-state index contributed by atoms with van der Waals surface area (Å²) >= 11 is 6.30. The molecule has 0 bridgehead atoms. The minimum Gasteiger partial charge on any atom is -0.267 e. The predicted octanol–water partition coefficient (Wildman–Crippen LogP) is 5.18. The Kier molecular flexibility index (Phi) is 7.99. The number of nitrogens with one attached hydrogen (secondary N) is 1. The number of para-hydroxylation sites is 1. The first-order chi connectivity index (χ1) is 18.0. The van der Waals surface area contributed by atoms with E-state index in [0.29, 0.717) is 16.8 Å². The number of halogens is 1. The molecular weight excluding hydrogens is 522 g/mol. The van der Waals surface area contributed by atoms with E-state index in [0.717, 1.165) is 28.1 Å². The zero-order chi connectivity index (χ0) is 27.4. The van der Waals surface area contributed by atoms with Crippen molar-refractivity contribution in [2.45, 2.75) is 27.3 Å². The molecule has 8 nitrogen and oxygen atoms in total. The zero-order valence-electron chi connectivity index (χ0n) is 21.5. The van der Waals surface area contributed by atoms with Crippen LogP contribution in [0.3, 0.4) is 0 Å². The molecule has 0 aliphatic carbocycles. The van der Waals surface area contributed by atoms with Gasteiger partial charge in [0.15, 0.2) is 5.15 Å². The van der Waals surface area contributed by atoms with Gasteiger partial charge in [-0.05, 0) is 73.9 Å². The van der Waals surface area contributed by atoms with E-state index in [-0.39, 0.29) is 11.7 Å². The lowest BCUT2D eigenvalue weighted by Crippen LogP contribution is -2.29. The van der Waals surface area contributed by atoms with Gasteiger partial charge in [0.05, 0.1) is 41.6 Å². The van der Waals surface area contributed by atoms with E-state index in [4.69, 9.17) is 11.6 Å². The van der Waals surface area contributed by atoms with E-state index >= 15 is 0 Å². The number of nitrogens with zero attached hydrogens (tertiary/aromatic N) is 4. The third-order valence-electron chi connectivity index (χ3n) is 6.20. The highest BCUT2D eigenvalue weighted by atomic mass is 35.5. The lowest BCUT2D eigenvalue weighted by Gasteiger charge is -2.23. The van der Waals surface area contributed by atoms with Crippen molar-refractivity contribution >= 4 is 39.4 Å². The highest BCUT2D eigenvalue weighted by Gasteiger charge is 2.19. The van der Waals surface area contributed by atoms with Gasteiger partial charge in [-0.1, -0.05) is 48.0 Å². The Morgan fingerprint density at radius 1 is 1.03 bits per heavy atom. The molecule has 0 unspecified atom stereocenters. The van der Waals surface area contributed by atoms with Gasteiger partial charge in [-0.3, -0.25) is 9.10 Å². The number of hydrazone groups is 1. The Morgan fingerprint density at radius 3 is 2.34 bits per heavy atom. The maximum absolute atomic E-state index is 12.6. The maximum Gasteiger partial charge on any atom is 0.271 e. The molecule has 1 N–H and O–H groups in total. The number of aryl methyl sites for hydroxylation is 2. The van der Waals surface area contributed by atoms with Crippen LogP contribution in [0.5, 0.6) is 0 Å². The molecule has 0 aliphatic heterocycles. The van der Waals surface area contributed by atoms with Crippen LogP contribution in [-0.2, 0) is 16.6 Å². The number of benzene rings is 3. The van der Waals surface area contributed by atoms with Crippen LogP contribution in [0.4, 0.5) is 5.69 Å². The number of carbonyl (C=O) groups is 1. The lowest BCUT2D eigenvalue weighted by molar-refractivity contribution is 0.0955. The number of sulfonamides is 1. The second-order valence-corrected chi connectivity index (χ2v) is 11.2. The predicted molar refractivity (Wildman–Crippen MR) is 152 cm³/mol. The first-order valence-electron chi connectivity index (χ1n) is 11.8. The SMILES string of the molecule is Cc1ccc(N(Cc2ccc(C(=O)N/N=C\c3c(Cl)nn(-c4ccccc4)c3C)cc2)S(C)(=O)=O)cc1C. The standard InChI is InChI=1S/C28H28ClN5O3S/c1-19-10-15-25(16-20(19)2)33(38(4,36)37)18-22-11-13-23(14-12-22)28(35)31-30-17-26-21(3)34(32-27(26)29)24-8-6-5-7-9-24/h5-17H,18H2,1-4H3,(H,31,35)/b30-17-. The summed E-state index contributed by atoms with van der Waals surface area (Å²) in [5.74, 6) is -0.411. The van der Waals surface area contributed by atoms with Crippen LogP contribution in [0.2, 0.25) is 5.15 Å². The van der Waals surface area contributed by atoms with Crippen molar-refractivity contribution in [3.63, 3.8) is 0 Å². The van der Waals surface area contributed by atoms with E-state index in [2.05, 4.69) is 15.6 Å². The van der Waals surface area contributed by atoms with Gasteiger partial charge in [0.2, 0.25) is 10.0 Å². The molecule has 0 fully saturated rings. The summed E-state index contributed by atoms with van der Waals surface area (Å²) in [6.45, 7) is 5.93. The number of anilines is 1. The van der Waals surface area contributed by atoms with Crippen LogP contribution in [0, 0.1) is 20.8 Å². The van der Waals surface area contributed by atoms with Crippen molar-refractivity contribution in [1.29, 1.82) is 0 Å². The third-order valence-corrected chi connectivity index (χ3v) is 7.62. The molecule has 0 saturated carbocycles. The number of carbonyl (C=O) groups excluding carboxylic acids is 1. The molecule has 1 heterocycles. The van der Waals surface area contributed by atoms with Crippen molar-refractivity contribution in [1.82, 2.24) is 15.2 Å². The normalized spacial score (nSPS) is 11.6. The summed E-state index contributed by atoms with van der Waals surface area (Å²) < 4.78 is 28.1. The fraction of sp³-hybridized carbons (Fsp3) is 0.179. The topological polar surface area (TPSA) is 96.7 Å². The van der Waals surface area contributed by atoms with Crippen molar-refractivity contribution in [2.75, 3.05) is 10.6 Å². The van der Waals surface area contributed by atoms with Gasteiger partial charge in [0.25, 0.3) is 5.91 Å². The molecule has 4 aromatic rings. The molecule has 0 radical (unpaired) electrons. The lowest BCUT2D eigenvalue weighted by atomic mass is 10.1. The molecule has 0 atom stereocenters. The second kappa shape index (κ2) is 11.2. The van der Waals surface area contributed by atoms with Gasteiger partial charge >= 0.3 is 0 Å². The van der Waals surface area contributed by atoms with Crippen LogP contribution in [0.15, 0.2) is 77.9 Å². The monoisotopic (exact) mass is 549 g/mol. The Bertz CT molecular complexity index is 1600. The summed E-state index contributed by atoms with van der Waals surface area (Å²) in [5, 5.41) is 8.68. The number of hydrogen-bond acceptors (Lipinski definition) is 5. The average molecular weight is 550 g/mol. The summed E-state index contributed by atoms with van der Waals surface area (Å²) in [7, 11) is -3.52. The fourth-order valence-corrected chi connectivity index (χ4v) is 5.02. The summed E-state index contributed by atoms with van der Waals surface area (Å²) in [4.78, 5) is 12.6. The summed E-state index contributed by atoms with van der Waals surface area (Å²) in [6.07, 6.45) is 2.64. The van der Waals surface area contributed by atoms with E-state index < -0.39 is 15.9 Å².